The van der Waals surface area contributed by atoms with E-state index in [1.807, 2.05) is 17.0 Å². The zero-order valence-corrected chi connectivity index (χ0v) is 22.3. The summed E-state index contributed by atoms with van der Waals surface area (Å²) in [5, 5.41) is 7.10. The van der Waals surface area contributed by atoms with E-state index in [-0.39, 0.29) is 30.1 Å². The third-order valence-electron chi connectivity index (χ3n) is 7.43. The molecule has 0 unspecified atom stereocenters. The molecule has 0 saturated heterocycles. The van der Waals surface area contributed by atoms with Crippen LogP contribution in [0.4, 0.5) is 22.9 Å². The molecule has 1 saturated carbocycles. The van der Waals surface area contributed by atoms with Gasteiger partial charge in [-0.3, -0.25) is 4.79 Å². The molecule has 1 aromatic carbocycles. The number of nitrogens with one attached hydrogen (secondary N) is 2. The van der Waals surface area contributed by atoms with Crippen molar-refractivity contribution in [3.05, 3.63) is 42.1 Å². The maximum absolute atomic E-state index is 14.0. The van der Waals surface area contributed by atoms with Crippen molar-refractivity contribution in [2.24, 2.45) is 5.92 Å². The van der Waals surface area contributed by atoms with Gasteiger partial charge >= 0.3 is 0 Å². The normalized spacial score (nSPS) is 20.9. The van der Waals surface area contributed by atoms with Gasteiger partial charge in [0.05, 0.1) is 30.1 Å². The Kier molecular flexibility index (Phi) is 9.21. The number of amides is 1. The van der Waals surface area contributed by atoms with Crippen molar-refractivity contribution in [2.45, 2.75) is 90.5 Å². The van der Waals surface area contributed by atoms with Gasteiger partial charge in [-0.1, -0.05) is 19.9 Å². The molecule has 4 rings (SSSR count). The maximum Gasteiger partial charge on any atom is 0.230 e. The molecule has 1 aliphatic carbocycles. The summed E-state index contributed by atoms with van der Waals surface area (Å²) < 4.78 is 11.5. The lowest BCUT2D eigenvalue weighted by atomic mass is 9.86. The number of anilines is 4. The fraction of sp³-hybridized carbons (Fsp3) is 0.586. The zero-order valence-electron chi connectivity index (χ0n) is 22.3. The van der Waals surface area contributed by atoms with Crippen molar-refractivity contribution in [3.8, 4) is 0 Å². The minimum atomic E-state index is 0.0140. The Morgan fingerprint density at radius 2 is 2.03 bits per heavy atom. The van der Waals surface area contributed by atoms with E-state index in [1.54, 1.807) is 13.3 Å². The van der Waals surface area contributed by atoms with Gasteiger partial charge < -0.3 is 25.0 Å². The number of pyridine rings is 1. The smallest absolute Gasteiger partial charge is 0.230 e. The Morgan fingerprint density at radius 1 is 1.22 bits per heavy atom. The molecule has 36 heavy (non-hydrogen) atoms. The first kappa shape index (κ1) is 26.4. The molecule has 1 aliphatic heterocycles. The van der Waals surface area contributed by atoms with Gasteiger partial charge in [-0.2, -0.15) is 0 Å². The van der Waals surface area contributed by atoms with Crippen molar-refractivity contribution >= 4 is 28.8 Å². The number of benzene rings is 1. The van der Waals surface area contributed by atoms with E-state index in [0.29, 0.717) is 6.54 Å². The summed E-state index contributed by atoms with van der Waals surface area (Å²) in [7, 11) is 1.77. The largest absolute Gasteiger partial charge is 0.382 e. The van der Waals surface area contributed by atoms with Crippen LogP contribution in [0.25, 0.3) is 0 Å². The van der Waals surface area contributed by atoms with Gasteiger partial charge in [0.25, 0.3) is 0 Å². The van der Waals surface area contributed by atoms with Crippen molar-refractivity contribution in [2.75, 3.05) is 29.3 Å². The summed E-state index contributed by atoms with van der Waals surface area (Å²) in [6.45, 7) is 7.77. The monoisotopic (exact) mass is 494 g/mol. The van der Waals surface area contributed by atoms with Gasteiger partial charge in [0.15, 0.2) is 0 Å². The highest BCUT2D eigenvalue weighted by Crippen LogP contribution is 2.39. The third kappa shape index (κ3) is 6.37. The maximum atomic E-state index is 14.0. The van der Waals surface area contributed by atoms with E-state index >= 15 is 0 Å². The van der Waals surface area contributed by atoms with Crippen LogP contribution in [0.2, 0.25) is 0 Å². The fourth-order valence-corrected chi connectivity index (χ4v) is 5.36. The highest BCUT2D eigenvalue weighted by atomic mass is 16.5. The molecule has 0 bridgehead atoms. The molecule has 7 heteroatoms. The lowest BCUT2D eigenvalue weighted by Gasteiger charge is -2.32. The van der Waals surface area contributed by atoms with Crippen LogP contribution in [0.15, 0.2) is 36.5 Å². The molecule has 7 nitrogen and oxygen atoms in total. The number of carbonyl (C=O) groups excluding carboxylic acids is 1. The average molecular weight is 495 g/mol. The predicted octanol–water partition coefficient (Wildman–Crippen LogP) is 6.27. The van der Waals surface area contributed by atoms with Crippen molar-refractivity contribution < 1.29 is 14.3 Å². The van der Waals surface area contributed by atoms with Crippen LogP contribution in [0, 0.1) is 5.92 Å². The van der Waals surface area contributed by atoms with Gasteiger partial charge in [-0.25, -0.2) is 4.98 Å². The molecule has 1 fully saturated rings. The van der Waals surface area contributed by atoms with E-state index < -0.39 is 0 Å². The number of rotatable bonds is 10. The number of ether oxygens (including phenoxy) is 2. The summed E-state index contributed by atoms with van der Waals surface area (Å²) in [6, 6.07) is 10.5. The van der Waals surface area contributed by atoms with Crippen LogP contribution < -0.4 is 15.5 Å². The van der Waals surface area contributed by atoms with Gasteiger partial charge in [0, 0.05) is 43.1 Å². The van der Waals surface area contributed by atoms with Crippen molar-refractivity contribution in [1.82, 2.24) is 4.98 Å². The standard InChI is InChI=1S/C29H42N4O3/c1-5-16-36-25-12-9-21(10-13-25)29(34)33-19-22-8-7-15-30-28(22)32-26-14-11-23(18-27(26)33)31-20(3)17-24(6-2)35-4/h7-8,11,14-15,18,20-21,24-25,31H,5-6,9-10,12-13,16-17,19H2,1-4H3,(H,30,32)/t20-,21?,24-,25?/m1/s1. The van der Waals surface area contributed by atoms with E-state index in [2.05, 4.69) is 54.6 Å². The second kappa shape index (κ2) is 12.5. The summed E-state index contributed by atoms with van der Waals surface area (Å²) in [5.41, 5.74) is 3.83. The van der Waals surface area contributed by atoms with Crippen LogP contribution >= 0.6 is 0 Å². The van der Waals surface area contributed by atoms with Crippen molar-refractivity contribution in [1.29, 1.82) is 0 Å². The number of hydrogen-bond acceptors (Lipinski definition) is 6. The molecule has 0 spiro atoms. The number of fused-ring (bicyclic) bond motifs is 2. The molecular formula is C29H42N4O3. The summed E-state index contributed by atoms with van der Waals surface area (Å²) in [6.07, 6.45) is 8.88. The number of carbonyl (C=O) groups is 1. The number of nitrogens with zero attached hydrogens (tertiary/aromatic N) is 2. The Bertz CT molecular complexity index is 1000. The Labute approximate surface area is 216 Å². The molecule has 2 N–H and O–H groups in total. The Balaban J connectivity index is 1.56. The minimum absolute atomic E-state index is 0.0140. The number of hydrogen-bond donors (Lipinski definition) is 2. The first-order valence-electron chi connectivity index (χ1n) is 13.6. The van der Waals surface area contributed by atoms with E-state index in [0.717, 1.165) is 80.0 Å². The molecule has 2 atom stereocenters. The van der Waals surface area contributed by atoms with E-state index in [4.69, 9.17) is 9.47 Å². The quantitative estimate of drug-likeness (QED) is 0.405. The van der Waals surface area contributed by atoms with Gasteiger partial charge in [0.1, 0.15) is 5.82 Å². The lowest BCUT2D eigenvalue weighted by molar-refractivity contribution is -0.124. The van der Waals surface area contributed by atoms with Gasteiger partial charge in [0.2, 0.25) is 5.91 Å². The summed E-state index contributed by atoms with van der Waals surface area (Å²) in [4.78, 5) is 20.5. The number of methoxy groups -OCH3 is 1. The number of aromatic nitrogens is 1. The summed E-state index contributed by atoms with van der Waals surface area (Å²) in [5.74, 6) is 1.02. The molecule has 2 heterocycles. The first-order valence-corrected chi connectivity index (χ1v) is 13.6. The highest BCUT2D eigenvalue weighted by molar-refractivity contribution is 6.00. The van der Waals surface area contributed by atoms with Crippen LogP contribution in [0.5, 0.6) is 0 Å². The molecule has 2 aromatic rings. The third-order valence-corrected chi connectivity index (χ3v) is 7.43. The molecule has 2 aliphatic rings. The Hall–Kier alpha value is -2.64. The molecular weight excluding hydrogens is 452 g/mol. The summed E-state index contributed by atoms with van der Waals surface area (Å²) >= 11 is 0. The second-order valence-electron chi connectivity index (χ2n) is 10.2. The fourth-order valence-electron chi connectivity index (χ4n) is 5.36. The van der Waals surface area contributed by atoms with Crippen LogP contribution in [0.1, 0.15) is 71.3 Å². The van der Waals surface area contributed by atoms with Crippen molar-refractivity contribution in [3.63, 3.8) is 0 Å². The van der Waals surface area contributed by atoms with Crippen LogP contribution in [-0.2, 0) is 20.8 Å². The van der Waals surface area contributed by atoms with Gasteiger partial charge in [-0.05, 0) is 76.1 Å². The van der Waals surface area contributed by atoms with Gasteiger partial charge in [-0.15, -0.1) is 0 Å². The lowest BCUT2D eigenvalue weighted by Crippen LogP contribution is -2.38. The topological polar surface area (TPSA) is 75.7 Å². The SMILES string of the molecule is CCCOC1CCC(C(=O)N2Cc3cccnc3Nc3ccc(N[C@H](C)C[C@@H](CC)OC)cc32)CC1. The molecule has 0 radical (unpaired) electrons. The second-order valence-corrected chi connectivity index (χ2v) is 10.2. The van der Waals surface area contributed by atoms with E-state index in [1.165, 1.54) is 0 Å². The molecule has 196 valence electrons. The van der Waals surface area contributed by atoms with Crippen LogP contribution in [0.3, 0.4) is 0 Å². The Morgan fingerprint density at radius 3 is 2.75 bits per heavy atom. The zero-order chi connectivity index (χ0) is 25.5. The average Bonchev–Trinajstić information content (AvgIpc) is 3.07. The highest BCUT2D eigenvalue weighted by Gasteiger charge is 2.33. The minimum Gasteiger partial charge on any atom is -0.382 e. The van der Waals surface area contributed by atoms with Crippen LogP contribution in [-0.4, -0.2) is 42.9 Å². The van der Waals surface area contributed by atoms with E-state index in [9.17, 15) is 4.79 Å². The molecule has 1 amide bonds. The first-order chi connectivity index (χ1) is 17.5. The predicted molar refractivity (Wildman–Crippen MR) is 146 cm³/mol. The molecule has 1 aromatic heterocycles.